The zero-order valence-corrected chi connectivity index (χ0v) is 28.2. The molecule has 0 saturated carbocycles. The van der Waals surface area contributed by atoms with Crippen molar-refractivity contribution in [2.24, 2.45) is 11.5 Å². The van der Waals surface area contributed by atoms with Crippen LogP contribution in [0.2, 0.25) is 0 Å². The Balaban J connectivity index is 2.98. The number of carboxylic acids is 2. The summed E-state index contributed by atoms with van der Waals surface area (Å²) in [6.07, 6.45) is 1.17. The van der Waals surface area contributed by atoms with Gasteiger partial charge in [0.25, 0.3) is 0 Å². The number of nitrogens with two attached hydrogens (primary N) is 2. The van der Waals surface area contributed by atoms with E-state index < -0.39 is 71.5 Å². The molecule has 48 heavy (non-hydrogen) atoms. The smallest absolute Gasteiger partial charge is 0.320 e. The molecule has 1 rings (SSSR count). The van der Waals surface area contributed by atoms with Gasteiger partial charge in [-0.25, -0.2) is 0 Å². The van der Waals surface area contributed by atoms with E-state index in [2.05, 4.69) is 37.2 Å². The summed E-state index contributed by atoms with van der Waals surface area (Å²) in [6, 6.07) is -4.89. The molecule has 21 heteroatoms. The average molecular weight is 722 g/mol. The number of nitrogens with one attached hydrogen (secondary N) is 7. The molecule has 0 aromatic heterocycles. The van der Waals surface area contributed by atoms with Crippen molar-refractivity contribution in [3.8, 4) is 0 Å². The molecule has 1 heterocycles. The molecular formula is C27H47N9O10S2. The molecule has 0 aromatic carbocycles. The predicted octanol–water partition coefficient (Wildman–Crippen LogP) is -4.04. The lowest BCUT2D eigenvalue weighted by Gasteiger charge is -2.20. The highest BCUT2D eigenvalue weighted by molar-refractivity contribution is 8.76. The minimum atomic E-state index is -1.29. The largest absolute Gasteiger partial charge is 0.480 e. The fourth-order valence-electron chi connectivity index (χ4n) is 3.83. The summed E-state index contributed by atoms with van der Waals surface area (Å²) < 4.78 is 0. The Bertz CT molecular complexity index is 1030. The molecule has 1 saturated heterocycles. The van der Waals surface area contributed by atoms with Gasteiger partial charge in [-0.2, -0.15) is 0 Å². The van der Waals surface area contributed by atoms with Gasteiger partial charge in [-0.3, -0.25) is 38.4 Å². The van der Waals surface area contributed by atoms with Gasteiger partial charge in [-0.05, 0) is 45.2 Å². The maximum atomic E-state index is 13.0. The zero-order valence-electron chi connectivity index (χ0n) is 26.5. The Morgan fingerprint density at radius 1 is 0.667 bits per heavy atom. The molecule has 0 aromatic rings. The first kappa shape index (κ1) is 42.4. The predicted molar refractivity (Wildman–Crippen MR) is 177 cm³/mol. The summed E-state index contributed by atoms with van der Waals surface area (Å²) in [4.78, 5) is 97.4. The van der Waals surface area contributed by atoms with E-state index in [0.717, 1.165) is 28.0 Å². The number of hydrogen-bond acceptors (Lipinski definition) is 13. The lowest BCUT2D eigenvalue weighted by atomic mass is 10.1. The van der Waals surface area contributed by atoms with Crippen molar-refractivity contribution in [3.63, 3.8) is 0 Å². The van der Waals surface area contributed by atoms with Crippen molar-refractivity contribution < 1.29 is 48.6 Å². The summed E-state index contributed by atoms with van der Waals surface area (Å²) in [5.74, 6) is -6.23. The molecular weight excluding hydrogens is 674 g/mol. The molecule has 19 nitrogen and oxygen atoms in total. The summed E-state index contributed by atoms with van der Waals surface area (Å²) in [5, 5.41) is 36.5. The summed E-state index contributed by atoms with van der Waals surface area (Å²) in [5.41, 5.74) is 10.9. The third kappa shape index (κ3) is 19.9. The number of carbonyl (C=O) groups is 8. The van der Waals surface area contributed by atoms with Gasteiger partial charge in [0.15, 0.2) is 0 Å². The van der Waals surface area contributed by atoms with Crippen molar-refractivity contribution in [1.29, 1.82) is 0 Å². The second kappa shape index (κ2) is 24.5. The van der Waals surface area contributed by atoms with Crippen LogP contribution in [-0.2, 0) is 38.4 Å². The number of rotatable bonds is 10. The Kier molecular flexibility index (Phi) is 21.6. The van der Waals surface area contributed by atoms with E-state index in [-0.39, 0.29) is 50.3 Å². The first-order valence-electron chi connectivity index (χ1n) is 15.4. The lowest BCUT2D eigenvalue weighted by molar-refractivity contribution is -0.140. The van der Waals surface area contributed by atoms with E-state index in [1.165, 1.54) is 0 Å². The second-order valence-electron chi connectivity index (χ2n) is 10.7. The third-order valence-corrected chi connectivity index (χ3v) is 9.08. The van der Waals surface area contributed by atoms with Gasteiger partial charge in [-0.15, -0.1) is 0 Å². The van der Waals surface area contributed by atoms with E-state index in [9.17, 15) is 38.4 Å². The summed E-state index contributed by atoms with van der Waals surface area (Å²) >= 11 is 0. The van der Waals surface area contributed by atoms with Crippen LogP contribution in [0.4, 0.5) is 0 Å². The molecule has 13 N–H and O–H groups in total. The van der Waals surface area contributed by atoms with Gasteiger partial charge < -0.3 is 58.9 Å². The minimum Gasteiger partial charge on any atom is -0.480 e. The highest BCUT2D eigenvalue weighted by Gasteiger charge is 2.25. The van der Waals surface area contributed by atoms with Crippen molar-refractivity contribution in [2.75, 3.05) is 50.8 Å². The zero-order chi connectivity index (χ0) is 35.9. The van der Waals surface area contributed by atoms with Crippen LogP contribution >= 0.6 is 21.6 Å². The number of carboxylic acid groups (broad SMARTS) is 2. The molecule has 1 unspecified atom stereocenters. The normalized spacial score (nSPS) is 21.5. The standard InChI is InChI=1S/C27H47N9O10S2/c28-16(26(43)44)4-6-20(37)35-18-14-47-48-15-19(36-21(38)7-5-17(29)27(45)46)25(42)34-13-23(40)32-11-3-9-30-8-1-2-10-31-22(39)12-33-24(18)41/h16-19,30H,1-15,28-29H2,(H,31,39)(H,32,40)(H,33,41)(H,34,42)(H,35,37)(H,36,38)(H,43,44)(H,45,46)/t16-,17-,18?,19-/m0/s1. The van der Waals surface area contributed by atoms with Crippen LogP contribution < -0.4 is 48.7 Å². The van der Waals surface area contributed by atoms with Gasteiger partial charge >= 0.3 is 11.9 Å². The molecule has 6 amide bonds. The maximum Gasteiger partial charge on any atom is 0.320 e. The number of hydrogen-bond donors (Lipinski definition) is 11. The molecule has 0 radical (unpaired) electrons. The van der Waals surface area contributed by atoms with Crippen molar-refractivity contribution in [3.05, 3.63) is 0 Å². The molecule has 272 valence electrons. The second-order valence-corrected chi connectivity index (χ2v) is 13.3. The lowest BCUT2D eigenvalue weighted by Crippen LogP contribution is -2.51. The van der Waals surface area contributed by atoms with Crippen LogP contribution in [0.3, 0.4) is 0 Å². The van der Waals surface area contributed by atoms with Crippen LogP contribution in [0.15, 0.2) is 0 Å². The monoisotopic (exact) mass is 721 g/mol. The van der Waals surface area contributed by atoms with Crippen molar-refractivity contribution >= 4 is 69.0 Å². The van der Waals surface area contributed by atoms with E-state index in [1.807, 2.05) is 0 Å². The van der Waals surface area contributed by atoms with Gasteiger partial charge in [-0.1, -0.05) is 21.6 Å². The first-order valence-corrected chi connectivity index (χ1v) is 17.9. The van der Waals surface area contributed by atoms with Crippen molar-refractivity contribution in [1.82, 2.24) is 37.2 Å². The molecule has 1 aliphatic heterocycles. The SMILES string of the molecule is N[C@@H](CCC(=O)NC1CSSC[C@H](NC(=O)CC[C@H](N)C(=O)O)C(=O)NCC(=O)NCCCNCCCCNC(=O)CNC1=O)C(=O)O. The topological polar surface area (TPSA) is 313 Å². The van der Waals surface area contributed by atoms with Gasteiger partial charge in [0.2, 0.25) is 35.4 Å². The first-order chi connectivity index (χ1) is 22.8. The summed E-state index contributed by atoms with van der Waals surface area (Å²) in [7, 11) is 2.12. The highest BCUT2D eigenvalue weighted by Crippen LogP contribution is 2.23. The van der Waals surface area contributed by atoms with Crippen LogP contribution in [-0.4, -0.2) is 133 Å². The average Bonchev–Trinajstić information content (AvgIpc) is 3.04. The Labute approximate surface area is 285 Å². The Morgan fingerprint density at radius 2 is 1.06 bits per heavy atom. The summed E-state index contributed by atoms with van der Waals surface area (Å²) in [6.45, 7) is 1.36. The molecule has 0 spiro atoms. The van der Waals surface area contributed by atoms with Crippen molar-refractivity contribution in [2.45, 2.75) is 69.1 Å². The third-order valence-electron chi connectivity index (χ3n) is 6.66. The molecule has 4 atom stereocenters. The van der Waals surface area contributed by atoms with E-state index in [1.54, 1.807) is 0 Å². The Hall–Kier alpha value is -3.66. The quantitative estimate of drug-likeness (QED) is 0.0957. The molecule has 0 bridgehead atoms. The molecule has 1 fully saturated rings. The fraction of sp³-hybridized carbons (Fsp3) is 0.704. The number of carbonyl (C=O) groups excluding carboxylic acids is 6. The van der Waals surface area contributed by atoms with Crippen LogP contribution in [0, 0.1) is 0 Å². The minimum absolute atomic E-state index is 0.0556. The van der Waals surface area contributed by atoms with Crippen LogP contribution in [0.1, 0.15) is 44.9 Å². The van der Waals surface area contributed by atoms with Crippen LogP contribution in [0.25, 0.3) is 0 Å². The molecule has 1 aliphatic rings. The van der Waals surface area contributed by atoms with E-state index in [4.69, 9.17) is 21.7 Å². The van der Waals surface area contributed by atoms with E-state index >= 15 is 0 Å². The maximum absolute atomic E-state index is 13.0. The van der Waals surface area contributed by atoms with Gasteiger partial charge in [0, 0.05) is 37.4 Å². The van der Waals surface area contributed by atoms with Gasteiger partial charge in [0.05, 0.1) is 13.1 Å². The Morgan fingerprint density at radius 3 is 1.50 bits per heavy atom. The molecule has 0 aliphatic carbocycles. The highest BCUT2D eigenvalue weighted by atomic mass is 33.1. The van der Waals surface area contributed by atoms with Crippen LogP contribution in [0.5, 0.6) is 0 Å². The number of aliphatic carboxylic acids is 2. The van der Waals surface area contributed by atoms with E-state index in [0.29, 0.717) is 39.0 Å². The fourth-order valence-corrected chi connectivity index (χ4v) is 6.15. The number of amides is 6. The van der Waals surface area contributed by atoms with Gasteiger partial charge in [0.1, 0.15) is 24.2 Å².